The van der Waals surface area contributed by atoms with Gasteiger partial charge in [-0.15, -0.1) is 0 Å². The van der Waals surface area contributed by atoms with Crippen molar-refractivity contribution in [3.05, 3.63) is 46.2 Å². The smallest absolute Gasteiger partial charge is 0.282 e. The zero-order valence-corrected chi connectivity index (χ0v) is 19.0. The molecule has 5 rings (SSSR count). The number of aromatic nitrogens is 3. The van der Waals surface area contributed by atoms with Gasteiger partial charge in [-0.3, -0.25) is 14.2 Å². The number of benzene rings is 1. The molecule has 1 aromatic carbocycles. The number of anilines is 2. The summed E-state index contributed by atoms with van der Waals surface area (Å²) in [6.07, 6.45) is 3.03. The van der Waals surface area contributed by atoms with Gasteiger partial charge < -0.3 is 14.5 Å². The Bertz CT molecular complexity index is 1170. The van der Waals surface area contributed by atoms with Crippen LogP contribution in [-0.4, -0.2) is 59.2 Å². The normalized spacial score (nSPS) is 19.1. The number of ether oxygens (including phenoxy) is 1. The standard InChI is InChI=1S/C23H27N5O3S/c1-26-21(30)19-20(25-22(26)27-12-14-31-15-13-27)32-23(24-19)28-11-5-8-17(28)18(29)10-9-16-6-3-2-4-7-16/h2-4,6-7,17H,5,8-15H2,1H3/t17-/m1/s1. The second-order valence-electron chi connectivity index (χ2n) is 8.33. The van der Waals surface area contributed by atoms with E-state index >= 15 is 0 Å². The van der Waals surface area contributed by atoms with E-state index in [4.69, 9.17) is 9.72 Å². The summed E-state index contributed by atoms with van der Waals surface area (Å²) in [4.78, 5) is 40.3. The third-order valence-corrected chi connectivity index (χ3v) is 7.26. The molecule has 0 amide bonds. The predicted molar refractivity (Wildman–Crippen MR) is 126 cm³/mol. The molecule has 32 heavy (non-hydrogen) atoms. The van der Waals surface area contributed by atoms with Gasteiger partial charge in [0.1, 0.15) is 0 Å². The van der Waals surface area contributed by atoms with Gasteiger partial charge in [0.05, 0.1) is 19.3 Å². The monoisotopic (exact) mass is 453 g/mol. The van der Waals surface area contributed by atoms with Crippen molar-refractivity contribution in [1.29, 1.82) is 0 Å². The van der Waals surface area contributed by atoms with E-state index in [0.29, 0.717) is 49.0 Å². The Morgan fingerprint density at radius 3 is 2.72 bits per heavy atom. The number of aryl methyl sites for hydroxylation is 1. The lowest BCUT2D eigenvalue weighted by molar-refractivity contribution is -0.120. The maximum Gasteiger partial charge on any atom is 0.282 e. The van der Waals surface area contributed by atoms with Crippen molar-refractivity contribution in [1.82, 2.24) is 14.5 Å². The van der Waals surface area contributed by atoms with Crippen LogP contribution in [0.1, 0.15) is 24.8 Å². The summed E-state index contributed by atoms with van der Waals surface area (Å²) in [7, 11) is 1.74. The molecular formula is C23H27N5O3S. The van der Waals surface area contributed by atoms with Crippen LogP contribution in [0.2, 0.25) is 0 Å². The van der Waals surface area contributed by atoms with Crippen molar-refractivity contribution in [3.8, 4) is 0 Å². The van der Waals surface area contributed by atoms with Crippen LogP contribution in [0.25, 0.3) is 10.3 Å². The summed E-state index contributed by atoms with van der Waals surface area (Å²) in [6.45, 7) is 3.45. The van der Waals surface area contributed by atoms with Gasteiger partial charge in [-0.1, -0.05) is 41.7 Å². The Balaban J connectivity index is 1.39. The van der Waals surface area contributed by atoms with E-state index in [1.54, 1.807) is 11.6 Å². The van der Waals surface area contributed by atoms with E-state index in [9.17, 15) is 9.59 Å². The molecule has 0 aliphatic carbocycles. The number of hydrogen-bond donors (Lipinski definition) is 0. The third-order valence-electron chi connectivity index (χ3n) is 6.27. The molecule has 2 fully saturated rings. The van der Waals surface area contributed by atoms with Crippen molar-refractivity contribution in [2.75, 3.05) is 42.6 Å². The molecule has 0 spiro atoms. The summed E-state index contributed by atoms with van der Waals surface area (Å²) < 4.78 is 7.00. The van der Waals surface area contributed by atoms with Crippen LogP contribution in [0.15, 0.2) is 35.1 Å². The molecule has 2 aromatic heterocycles. The van der Waals surface area contributed by atoms with Crippen LogP contribution in [0.5, 0.6) is 0 Å². The van der Waals surface area contributed by atoms with Crippen LogP contribution < -0.4 is 15.4 Å². The number of morpholine rings is 1. The quantitative estimate of drug-likeness (QED) is 0.567. The maximum absolute atomic E-state index is 13.0. The fourth-order valence-corrected chi connectivity index (χ4v) is 5.51. The lowest BCUT2D eigenvalue weighted by Crippen LogP contribution is -2.40. The first-order valence-electron chi connectivity index (χ1n) is 11.2. The minimum absolute atomic E-state index is 0.148. The van der Waals surface area contributed by atoms with E-state index in [0.717, 1.165) is 30.9 Å². The number of nitrogens with zero attached hydrogens (tertiary/aromatic N) is 5. The first kappa shape index (κ1) is 21.1. The van der Waals surface area contributed by atoms with Gasteiger partial charge in [-0.25, -0.2) is 9.97 Å². The molecule has 0 bridgehead atoms. The summed E-state index contributed by atoms with van der Waals surface area (Å²) in [5.41, 5.74) is 1.41. The van der Waals surface area contributed by atoms with Gasteiger partial charge in [0, 0.05) is 33.1 Å². The van der Waals surface area contributed by atoms with E-state index in [2.05, 4.69) is 26.9 Å². The third kappa shape index (κ3) is 4.02. The van der Waals surface area contributed by atoms with Gasteiger partial charge in [0.2, 0.25) is 5.95 Å². The molecule has 8 nitrogen and oxygen atoms in total. The number of hydrogen-bond acceptors (Lipinski definition) is 8. The minimum atomic E-state index is -0.179. The number of Topliss-reactive ketones (excluding diaryl/α,β-unsaturated/α-hetero) is 1. The molecule has 0 N–H and O–H groups in total. The highest BCUT2D eigenvalue weighted by Gasteiger charge is 2.33. The number of rotatable bonds is 6. The Morgan fingerprint density at radius 2 is 1.94 bits per heavy atom. The average molecular weight is 454 g/mol. The molecule has 4 heterocycles. The first-order chi connectivity index (χ1) is 15.6. The van der Waals surface area contributed by atoms with E-state index in [1.807, 2.05) is 18.2 Å². The second kappa shape index (κ2) is 8.99. The highest BCUT2D eigenvalue weighted by Crippen LogP contribution is 2.33. The zero-order chi connectivity index (χ0) is 22.1. The Labute approximate surface area is 190 Å². The molecular weight excluding hydrogens is 426 g/mol. The number of carbonyl (C=O) groups excluding carboxylic acids is 1. The van der Waals surface area contributed by atoms with Gasteiger partial charge in [-0.2, -0.15) is 0 Å². The van der Waals surface area contributed by atoms with E-state index in [-0.39, 0.29) is 17.4 Å². The second-order valence-corrected chi connectivity index (χ2v) is 9.28. The molecule has 0 radical (unpaired) electrons. The van der Waals surface area contributed by atoms with Crippen LogP contribution in [0, 0.1) is 0 Å². The van der Waals surface area contributed by atoms with E-state index < -0.39 is 0 Å². The van der Waals surface area contributed by atoms with E-state index in [1.165, 1.54) is 16.9 Å². The summed E-state index contributed by atoms with van der Waals surface area (Å²) in [6, 6.07) is 9.92. The molecule has 3 aromatic rings. The van der Waals surface area contributed by atoms with Crippen LogP contribution >= 0.6 is 11.3 Å². The largest absolute Gasteiger partial charge is 0.378 e. The molecule has 2 aliphatic heterocycles. The number of carbonyl (C=O) groups is 1. The van der Waals surface area contributed by atoms with Crippen molar-refractivity contribution in [3.63, 3.8) is 0 Å². The molecule has 0 saturated carbocycles. The lowest BCUT2D eigenvalue weighted by Gasteiger charge is -2.28. The molecule has 0 unspecified atom stereocenters. The molecule has 2 saturated heterocycles. The Morgan fingerprint density at radius 1 is 1.16 bits per heavy atom. The maximum atomic E-state index is 13.0. The van der Waals surface area contributed by atoms with Crippen LogP contribution in [0.3, 0.4) is 0 Å². The van der Waals surface area contributed by atoms with Crippen LogP contribution in [-0.2, 0) is 23.0 Å². The summed E-state index contributed by atoms with van der Waals surface area (Å²) in [5.74, 6) is 0.887. The molecule has 1 atom stereocenters. The predicted octanol–water partition coefficient (Wildman–Crippen LogP) is 2.40. The molecule has 168 valence electrons. The fraction of sp³-hybridized carbons (Fsp3) is 0.478. The van der Waals surface area contributed by atoms with Gasteiger partial charge in [0.25, 0.3) is 5.56 Å². The number of thiazole rings is 1. The lowest BCUT2D eigenvalue weighted by atomic mass is 10.0. The van der Waals surface area contributed by atoms with Crippen molar-refractivity contribution < 1.29 is 9.53 Å². The summed E-state index contributed by atoms with van der Waals surface area (Å²) in [5, 5.41) is 0.722. The highest BCUT2D eigenvalue weighted by atomic mass is 32.1. The molecule has 2 aliphatic rings. The Hall–Kier alpha value is -2.78. The topological polar surface area (TPSA) is 80.6 Å². The van der Waals surface area contributed by atoms with Crippen LogP contribution in [0.4, 0.5) is 11.1 Å². The SMILES string of the molecule is Cn1c(N2CCOCC2)nc2sc(N3CCC[C@@H]3C(=O)CCc3ccccc3)nc2c1=O. The number of fused-ring (bicyclic) bond motifs is 1. The van der Waals surface area contributed by atoms with Gasteiger partial charge in [0.15, 0.2) is 21.3 Å². The number of ketones is 1. The first-order valence-corrected chi connectivity index (χ1v) is 12.0. The van der Waals surface area contributed by atoms with Gasteiger partial charge >= 0.3 is 0 Å². The Kier molecular flexibility index (Phi) is 5.93. The zero-order valence-electron chi connectivity index (χ0n) is 18.2. The molecule has 9 heteroatoms. The summed E-state index contributed by atoms with van der Waals surface area (Å²) >= 11 is 1.41. The highest BCUT2D eigenvalue weighted by molar-refractivity contribution is 7.21. The fourth-order valence-electron chi connectivity index (χ4n) is 4.51. The van der Waals surface area contributed by atoms with Gasteiger partial charge in [-0.05, 0) is 24.8 Å². The van der Waals surface area contributed by atoms with Crippen molar-refractivity contribution in [2.24, 2.45) is 7.05 Å². The van der Waals surface area contributed by atoms with Crippen molar-refractivity contribution in [2.45, 2.75) is 31.7 Å². The minimum Gasteiger partial charge on any atom is -0.378 e. The average Bonchev–Trinajstić information content (AvgIpc) is 3.48. The van der Waals surface area contributed by atoms with Crippen molar-refractivity contribution >= 4 is 38.5 Å².